The van der Waals surface area contributed by atoms with Gasteiger partial charge in [-0.3, -0.25) is 14.5 Å². The van der Waals surface area contributed by atoms with Gasteiger partial charge in [0.05, 0.1) is 24.9 Å². The van der Waals surface area contributed by atoms with Crippen LogP contribution in [0.3, 0.4) is 0 Å². The van der Waals surface area contributed by atoms with Gasteiger partial charge in [0, 0.05) is 11.4 Å². The van der Waals surface area contributed by atoms with Gasteiger partial charge in [0.1, 0.15) is 10.8 Å². The lowest BCUT2D eigenvalue weighted by molar-refractivity contribution is -0.117. The fourth-order valence-corrected chi connectivity index (χ4v) is 5.77. The normalized spacial score (nSPS) is 18.7. The molecule has 30 heavy (non-hydrogen) atoms. The highest BCUT2D eigenvalue weighted by atomic mass is 32.1. The van der Waals surface area contributed by atoms with E-state index in [0.29, 0.717) is 34.5 Å². The van der Waals surface area contributed by atoms with Crippen molar-refractivity contribution in [2.24, 2.45) is 5.92 Å². The largest absolute Gasteiger partial charge is 0.495 e. The Kier molecular flexibility index (Phi) is 6.39. The molecule has 160 valence electrons. The van der Waals surface area contributed by atoms with Crippen molar-refractivity contribution in [1.29, 1.82) is 0 Å². The van der Waals surface area contributed by atoms with Crippen LogP contribution in [-0.2, 0) is 17.6 Å². The fraction of sp³-hybridized carbons (Fsp3) is 0.478. The first-order chi connectivity index (χ1) is 14.5. The van der Waals surface area contributed by atoms with Crippen molar-refractivity contribution in [3.63, 3.8) is 0 Å². The van der Waals surface area contributed by atoms with Gasteiger partial charge >= 0.3 is 0 Å². The highest BCUT2D eigenvalue weighted by Crippen LogP contribution is 2.40. The molecule has 0 bridgehead atoms. The Morgan fingerprint density at radius 1 is 1.20 bits per heavy atom. The molecule has 6 nitrogen and oxygen atoms in total. The number of carbonyl (C=O) groups excluding carboxylic acids is 2. The number of nitrogens with zero attached hydrogens (tertiary/aromatic N) is 1. The van der Waals surface area contributed by atoms with Gasteiger partial charge in [-0.25, -0.2) is 0 Å². The summed E-state index contributed by atoms with van der Waals surface area (Å²) in [5.41, 5.74) is 2.32. The first-order valence-corrected chi connectivity index (χ1v) is 11.5. The molecule has 1 atom stereocenters. The molecule has 1 saturated heterocycles. The Morgan fingerprint density at radius 3 is 2.83 bits per heavy atom. The molecule has 2 amide bonds. The molecule has 1 aromatic carbocycles. The molecule has 2 aliphatic rings. The summed E-state index contributed by atoms with van der Waals surface area (Å²) in [6, 6.07) is 7.36. The van der Waals surface area contributed by atoms with Crippen LogP contribution < -0.4 is 15.4 Å². The number of ether oxygens (including phenoxy) is 1. The third-order valence-corrected chi connectivity index (χ3v) is 7.07. The average Bonchev–Trinajstić information content (AvgIpc) is 3.29. The predicted molar refractivity (Wildman–Crippen MR) is 121 cm³/mol. The van der Waals surface area contributed by atoms with Crippen LogP contribution in [0.15, 0.2) is 24.3 Å². The number of amides is 2. The molecule has 7 heteroatoms. The number of fused-ring (bicyclic) bond motifs is 1. The Balaban J connectivity index is 1.52. The Morgan fingerprint density at radius 2 is 2.03 bits per heavy atom. The molecule has 1 fully saturated rings. The van der Waals surface area contributed by atoms with Crippen molar-refractivity contribution < 1.29 is 14.3 Å². The van der Waals surface area contributed by atoms with Crippen molar-refractivity contribution >= 4 is 33.8 Å². The molecule has 2 heterocycles. The monoisotopic (exact) mass is 427 g/mol. The molecule has 0 radical (unpaired) electrons. The van der Waals surface area contributed by atoms with Crippen molar-refractivity contribution in [2.45, 2.75) is 39.0 Å². The quantitative estimate of drug-likeness (QED) is 0.726. The number of nitrogens with one attached hydrogen (secondary N) is 2. The molecule has 0 saturated carbocycles. The second-order valence-electron chi connectivity index (χ2n) is 8.25. The lowest BCUT2D eigenvalue weighted by atomic mass is 10.0. The van der Waals surface area contributed by atoms with Gasteiger partial charge < -0.3 is 15.4 Å². The number of piperidine rings is 1. The second kappa shape index (κ2) is 9.18. The number of hydrogen-bond acceptors (Lipinski definition) is 5. The van der Waals surface area contributed by atoms with E-state index in [-0.39, 0.29) is 11.8 Å². The van der Waals surface area contributed by atoms with Gasteiger partial charge in [0.25, 0.3) is 5.91 Å². The molecule has 2 aromatic rings. The number of methoxy groups -OCH3 is 1. The molecule has 1 aliphatic carbocycles. The van der Waals surface area contributed by atoms with Crippen LogP contribution in [0.25, 0.3) is 0 Å². The maximum Gasteiger partial charge on any atom is 0.259 e. The van der Waals surface area contributed by atoms with Crippen LogP contribution in [0.4, 0.5) is 10.7 Å². The molecule has 2 N–H and O–H groups in total. The van der Waals surface area contributed by atoms with Crippen LogP contribution in [-0.4, -0.2) is 43.5 Å². The minimum Gasteiger partial charge on any atom is -0.495 e. The van der Waals surface area contributed by atoms with Gasteiger partial charge in [-0.05, 0) is 62.3 Å². The summed E-state index contributed by atoms with van der Waals surface area (Å²) < 4.78 is 5.36. The van der Waals surface area contributed by atoms with Crippen LogP contribution >= 0.6 is 11.3 Å². The van der Waals surface area contributed by atoms with E-state index in [1.807, 2.05) is 24.3 Å². The fourth-order valence-electron chi connectivity index (χ4n) is 4.46. The van der Waals surface area contributed by atoms with Crippen molar-refractivity contribution in [1.82, 2.24) is 4.90 Å². The number of thiophene rings is 1. The SMILES string of the molecule is COc1ccccc1NC(=O)c1c(NC(=O)CN2CCCC(C)C2)sc2c1CCC2. The summed E-state index contributed by atoms with van der Waals surface area (Å²) in [6.07, 6.45) is 5.25. The summed E-state index contributed by atoms with van der Waals surface area (Å²) >= 11 is 1.55. The summed E-state index contributed by atoms with van der Waals surface area (Å²) in [4.78, 5) is 29.4. The van der Waals surface area contributed by atoms with Gasteiger partial charge in [0.15, 0.2) is 0 Å². The maximum atomic E-state index is 13.2. The zero-order valence-electron chi connectivity index (χ0n) is 17.6. The van der Waals surface area contributed by atoms with E-state index in [1.165, 1.54) is 11.3 Å². The molecule has 1 unspecified atom stereocenters. The van der Waals surface area contributed by atoms with E-state index in [2.05, 4.69) is 22.5 Å². The minimum atomic E-state index is -0.194. The summed E-state index contributed by atoms with van der Waals surface area (Å²) in [5.74, 6) is 0.998. The third kappa shape index (κ3) is 4.52. The molecule has 1 aliphatic heterocycles. The van der Waals surface area contributed by atoms with E-state index in [4.69, 9.17) is 4.74 Å². The van der Waals surface area contributed by atoms with Crippen molar-refractivity contribution in [3.8, 4) is 5.75 Å². The number of anilines is 2. The van der Waals surface area contributed by atoms with Crippen LogP contribution in [0, 0.1) is 5.92 Å². The number of aryl methyl sites for hydroxylation is 1. The van der Waals surface area contributed by atoms with Gasteiger partial charge in [-0.15, -0.1) is 11.3 Å². The maximum absolute atomic E-state index is 13.2. The van der Waals surface area contributed by atoms with E-state index in [0.717, 1.165) is 44.3 Å². The van der Waals surface area contributed by atoms with Crippen LogP contribution in [0.5, 0.6) is 5.75 Å². The summed E-state index contributed by atoms with van der Waals surface area (Å²) in [7, 11) is 1.58. The number of benzene rings is 1. The smallest absolute Gasteiger partial charge is 0.259 e. The number of para-hydroxylation sites is 2. The first-order valence-electron chi connectivity index (χ1n) is 10.7. The van der Waals surface area contributed by atoms with Crippen LogP contribution in [0.2, 0.25) is 0 Å². The summed E-state index contributed by atoms with van der Waals surface area (Å²) in [6.45, 7) is 4.52. The highest BCUT2D eigenvalue weighted by Gasteiger charge is 2.28. The zero-order valence-corrected chi connectivity index (χ0v) is 18.4. The second-order valence-corrected chi connectivity index (χ2v) is 9.35. The van der Waals surface area contributed by atoms with E-state index in [9.17, 15) is 9.59 Å². The molecular weight excluding hydrogens is 398 g/mol. The molecular formula is C23H29N3O3S. The standard InChI is InChI=1S/C23H29N3O3S/c1-15-7-6-12-26(13-15)14-20(27)25-23-21(16-8-5-11-19(16)30-23)22(28)24-17-9-3-4-10-18(17)29-2/h3-4,9-10,15H,5-8,11-14H2,1-2H3,(H,24,28)(H,25,27). The summed E-state index contributed by atoms with van der Waals surface area (Å²) in [5, 5.41) is 6.69. The Bertz CT molecular complexity index is 940. The Hall–Kier alpha value is -2.38. The van der Waals surface area contributed by atoms with Crippen molar-refractivity contribution in [2.75, 3.05) is 37.4 Å². The molecule has 4 rings (SSSR count). The van der Waals surface area contributed by atoms with Crippen LogP contribution in [0.1, 0.15) is 47.0 Å². The third-order valence-electron chi connectivity index (χ3n) is 5.86. The Labute approximate surface area is 181 Å². The number of hydrogen-bond donors (Lipinski definition) is 2. The van der Waals surface area contributed by atoms with Crippen molar-refractivity contribution in [3.05, 3.63) is 40.3 Å². The first kappa shape index (κ1) is 20.9. The van der Waals surface area contributed by atoms with E-state index < -0.39 is 0 Å². The highest BCUT2D eigenvalue weighted by molar-refractivity contribution is 7.17. The minimum absolute atomic E-state index is 0.0460. The average molecular weight is 428 g/mol. The predicted octanol–water partition coefficient (Wildman–Crippen LogP) is 4.17. The number of likely N-dealkylation sites (tertiary alicyclic amines) is 1. The van der Waals surface area contributed by atoms with E-state index in [1.54, 1.807) is 18.4 Å². The zero-order chi connectivity index (χ0) is 21.1. The molecule has 1 aromatic heterocycles. The molecule has 0 spiro atoms. The lowest BCUT2D eigenvalue weighted by Crippen LogP contribution is -2.39. The lowest BCUT2D eigenvalue weighted by Gasteiger charge is -2.30. The van der Waals surface area contributed by atoms with E-state index >= 15 is 0 Å². The van der Waals surface area contributed by atoms with Gasteiger partial charge in [-0.1, -0.05) is 19.1 Å². The number of rotatable bonds is 6. The number of carbonyl (C=O) groups is 2. The van der Waals surface area contributed by atoms with Gasteiger partial charge in [-0.2, -0.15) is 0 Å². The topological polar surface area (TPSA) is 70.7 Å². The van der Waals surface area contributed by atoms with Gasteiger partial charge in [0.2, 0.25) is 5.91 Å².